The summed E-state index contributed by atoms with van der Waals surface area (Å²) < 4.78 is 32.7. The summed E-state index contributed by atoms with van der Waals surface area (Å²) in [5.41, 5.74) is 2.74. The molecule has 0 atom stereocenters. The summed E-state index contributed by atoms with van der Waals surface area (Å²) >= 11 is 0. The highest BCUT2D eigenvalue weighted by atomic mass is 19.2. The molecule has 2 rings (SSSR count). The van der Waals surface area contributed by atoms with E-state index in [4.69, 9.17) is 4.74 Å². The molecule has 24 heavy (non-hydrogen) atoms. The van der Waals surface area contributed by atoms with Crippen LogP contribution in [0.2, 0.25) is 0 Å². The molecule has 0 saturated heterocycles. The topological polar surface area (TPSA) is 26.3 Å². The van der Waals surface area contributed by atoms with E-state index in [0.29, 0.717) is 18.6 Å². The van der Waals surface area contributed by atoms with Crippen molar-refractivity contribution in [1.82, 2.24) is 0 Å². The van der Waals surface area contributed by atoms with Crippen molar-refractivity contribution in [1.29, 1.82) is 0 Å². The van der Waals surface area contributed by atoms with Crippen LogP contribution in [0.25, 0.3) is 5.57 Å². The highest BCUT2D eigenvalue weighted by Crippen LogP contribution is 2.30. The van der Waals surface area contributed by atoms with Crippen molar-refractivity contribution in [2.75, 3.05) is 0 Å². The smallest absolute Gasteiger partial charge is 0.165 e. The molecule has 0 amide bonds. The lowest BCUT2D eigenvalue weighted by Crippen LogP contribution is -2.02. The minimum Gasteiger partial charge on any atom is -0.488 e. The van der Waals surface area contributed by atoms with Gasteiger partial charge in [0, 0.05) is 17.5 Å². The first-order valence-corrected chi connectivity index (χ1v) is 7.72. The Labute approximate surface area is 140 Å². The number of halogens is 2. The van der Waals surface area contributed by atoms with Crippen LogP contribution in [-0.4, -0.2) is 5.78 Å². The third kappa shape index (κ3) is 4.51. The average molecular weight is 330 g/mol. The second-order valence-corrected chi connectivity index (χ2v) is 5.81. The number of carbonyl (C=O) groups is 1. The van der Waals surface area contributed by atoms with Gasteiger partial charge in [0.2, 0.25) is 0 Å². The Kier molecular flexibility index (Phi) is 5.85. The number of Topliss-reactive ketones (excluding diaryl/α,β-unsaturated/α-hetero) is 1. The van der Waals surface area contributed by atoms with Gasteiger partial charge in [-0.3, -0.25) is 0 Å². The maximum atomic E-state index is 13.7. The van der Waals surface area contributed by atoms with E-state index in [2.05, 4.69) is 6.58 Å². The van der Waals surface area contributed by atoms with Crippen LogP contribution < -0.4 is 4.74 Å². The average Bonchev–Trinajstić information content (AvgIpc) is 2.54. The molecule has 4 heteroatoms. The van der Waals surface area contributed by atoms with Crippen molar-refractivity contribution in [3.63, 3.8) is 0 Å². The Morgan fingerprint density at radius 3 is 2.62 bits per heavy atom. The van der Waals surface area contributed by atoms with Crippen LogP contribution in [0.5, 0.6) is 5.75 Å². The van der Waals surface area contributed by atoms with Gasteiger partial charge in [0.05, 0.1) is 0 Å². The van der Waals surface area contributed by atoms with E-state index in [9.17, 15) is 13.6 Å². The van der Waals surface area contributed by atoms with E-state index in [1.165, 1.54) is 19.1 Å². The Bertz CT molecular complexity index is 766. The van der Waals surface area contributed by atoms with E-state index in [1.54, 1.807) is 6.07 Å². The van der Waals surface area contributed by atoms with Crippen LogP contribution in [0.15, 0.2) is 43.0 Å². The fraction of sp³-hybridized carbons (Fsp3) is 0.250. The zero-order valence-electron chi connectivity index (χ0n) is 13.9. The molecule has 0 heterocycles. The molecular formula is C20H20F2O2. The molecule has 0 aliphatic carbocycles. The van der Waals surface area contributed by atoms with Gasteiger partial charge in [0.15, 0.2) is 11.6 Å². The normalized spacial score (nSPS) is 10.5. The molecule has 0 radical (unpaired) electrons. The lowest BCUT2D eigenvalue weighted by molar-refractivity contribution is -0.116. The Hall–Kier alpha value is -2.49. The van der Waals surface area contributed by atoms with Crippen molar-refractivity contribution < 1.29 is 18.3 Å². The maximum Gasteiger partial charge on any atom is 0.165 e. The van der Waals surface area contributed by atoms with Crippen LogP contribution in [0.4, 0.5) is 8.78 Å². The van der Waals surface area contributed by atoms with E-state index in [-0.39, 0.29) is 18.0 Å². The third-order valence-electron chi connectivity index (χ3n) is 3.71. The number of ketones is 1. The summed E-state index contributed by atoms with van der Waals surface area (Å²) in [4.78, 5) is 11.2. The highest BCUT2D eigenvalue weighted by Gasteiger charge is 2.12. The molecule has 0 unspecified atom stereocenters. The molecule has 0 spiro atoms. The Balaban J connectivity index is 2.19. The van der Waals surface area contributed by atoms with Gasteiger partial charge in [0.25, 0.3) is 0 Å². The molecule has 0 bridgehead atoms. The van der Waals surface area contributed by atoms with Gasteiger partial charge >= 0.3 is 0 Å². The third-order valence-corrected chi connectivity index (χ3v) is 3.71. The van der Waals surface area contributed by atoms with E-state index < -0.39 is 11.6 Å². The largest absolute Gasteiger partial charge is 0.488 e. The summed E-state index contributed by atoms with van der Waals surface area (Å²) in [6.45, 7) is 7.41. The summed E-state index contributed by atoms with van der Waals surface area (Å²) in [6.07, 6.45) is 0.939. The number of rotatable bonds is 7. The molecule has 2 aromatic rings. The molecule has 126 valence electrons. The SMILES string of the molecule is C=C(CCC(C)=O)c1cc(C)ccc1OCc1cccc(F)c1F. The van der Waals surface area contributed by atoms with Gasteiger partial charge in [-0.1, -0.05) is 30.3 Å². The monoisotopic (exact) mass is 330 g/mol. The molecular weight excluding hydrogens is 310 g/mol. The van der Waals surface area contributed by atoms with E-state index >= 15 is 0 Å². The van der Waals surface area contributed by atoms with Crippen LogP contribution in [-0.2, 0) is 11.4 Å². The number of allylic oxidation sites excluding steroid dienone is 1. The first kappa shape index (κ1) is 17.9. The van der Waals surface area contributed by atoms with Gasteiger partial charge in [-0.15, -0.1) is 0 Å². The predicted octanol–water partition coefficient (Wildman–Crippen LogP) is 5.23. The standard InChI is InChI=1S/C20H20F2O2/c1-13-7-10-19(17(11-13)14(2)8-9-15(3)23)24-12-16-5-4-6-18(21)20(16)22/h4-7,10-11H,2,8-9,12H2,1,3H3. The molecule has 0 N–H and O–H groups in total. The zero-order chi connectivity index (χ0) is 17.7. The van der Waals surface area contributed by atoms with Gasteiger partial charge < -0.3 is 9.53 Å². The van der Waals surface area contributed by atoms with Crippen LogP contribution in [0.1, 0.15) is 36.5 Å². The molecule has 0 aromatic heterocycles. The van der Waals surface area contributed by atoms with Gasteiger partial charge in [-0.2, -0.15) is 0 Å². The number of aryl methyl sites for hydroxylation is 1. The van der Waals surface area contributed by atoms with Gasteiger partial charge in [-0.25, -0.2) is 8.78 Å². The number of hydrogen-bond donors (Lipinski definition) is 0. The van der Waals surface area contributed by atoms with Crippen molar-refractivity contribution in [2.24, 2.45) is 0 Å². The van der Waals surface area contributed by atoms with Crippen molar-refractivity contribution >= 4 is 11.4 Å². The number of benzene rings is 2. The fourth-order valence-corrected chi connectivity index (χ4v) is 2.32. The van der Waals surface area contributed by atoms with Crippen molar-refractivity contribution in [3.8, 4) is 5.75 Å². The Morgan fingerprint density at radius 1 is 1.17 bits per heavy atom. The number of ether oxygens (including phenoxy) is 1. The fourth-order valence-electron chi connectivity index (χ4n) is 2.32. The minimum absolute atomic E-state index is 0.0837. The first-order chi connectivity index (χ1) is 11.4. The van der Waals surface area contributed by atoms with Crippen molar-refractivity contribution in [3.05, 3.63) is 71.3 Å². The van der Waals surface area contributed by atoms with Crippen LogP contribution in [0, 0.1) is 18.6 Å². The Morgan fingerprint density at radius 2 is 1.92 bits per heavy atom. The minimum atomic E-state index is -0.901. The lowest BCUT2D eigenvalue weighted by Gasteiger charge is -2.14. The summed E-state index contributed by atoms with van der Waals surface area (Å²) in [5, 5.41) is 0. The van der Waals surface area contributed by atoms with Crippen LogP contribution >= 0.6 is 0 Å². The second-order valence-electron chi connectivity index (χ2n) is 5.81. The molecule has 0 aliphatic heterocycles. The molecule has 0 saturated carbocycles. The summed E-state index contributed by atoms with van der Waals surface area (Å²) in [7, 11) is 0. The summed E-state index contributed by atoms with van der Waals surface area (Å²) in [6, 6.07) is 9.56. The molecule has 0 fully saturated rings. The molecule has 2 nitrogen and oxygen atoms in total. The maximum absolute atomic E-state index is 13.7. The number of carbonyl (C=O) groups excluding carboxylic acids is 1. The molecule has 2 aromatic carbocycles. The first-order valence-electron chi connectivity index (χ1n) is 7.72. The van der Waals surface area contributed by atoms with Gasteiger partial charge in [0.1, 0.15) is 18.1 Å². The number of hydrogen-bond acceptors (Lipinski definition) is 2. The lowest BCUT2D eigenvalue weighted by atomic mass is 9.99. The summed E-state index contributed by atoms with van der Waals surface area (Å²) in [5.74, 6) is -1.17. The predicted molar refractivity (Wildman–Crippen MR) is 90.8 cm³/mol. The molecule has 0 aliphatic rings. The highest BCUT2D eigenvalue weighted by molar-refractivity contribution is 5.79. The van der Waals surface area contributed by atoms with Crippen LogP contribution in [0.3, 0.4) is 0 Å². The van der Waals surface area contributed by atoms with E-state index in [0.717, 1.165) is 22.8 Å². The zero-order valence-corrected chi connectivity index (χ0v) is 13.9. The second kappa shape index (κ2) is 7.86. The quantitative estimate of drug-likeness (QED) is 0.694. The van der Waals surface area contributed by atoms with Crippen molar-refractivity contribution in [2.45, 2.75) is 33.3 Å². The van der Waals surface area contributed by atoms with Gasteiger partial charge in [-0.05, 0) is 44.0 Å². The van der Waals surface area contributed by atoms with E-state index in [1.807, 2.05) is 19.1 Å².